The minimum absolute atomic E-state index is 0.387. The van der Waals surface area contributed by atoms with Crippen molar-refractivity contribution >= 4 is 43.2 Å². The molecule has 3 heteroatoms. The van der Waals surface area contributed by atoms with E-state index in [1.165, 1.54) is 16.6 Å². The van der Waals surface area contributed by atoms with E-state index < -0.39 is 0 Å². The van der Waals surface area contributed by atoms with Gasteiger partial charge in [0.1, 0.15) is 0 Å². The van der Waals surface area contributed by atoms with Crippen molar-refractivity contribution in [3.05, 3.63) is 23.8 Å². The molecule has 1 fully saturated rings. The van der Waals surface area contributed by atoms with Gasteiger partial charge in [0, 0.05) is 0 Å². The third kappa shape index (κ3) is 1.86. The Labute approximate surface area is 103 Å². The quantitative estimate of drug-likeness (QED) is 0.594. The first kappa shape index (κ1) is 11.2. The molecule has 1 aliphatic carbocycles. The fourth-order valence-electron chi connectivity index (χ4n) is 2.04. The molecule has 0 radical (unpaired) electrons. The van der Waals surface area contributed by atoms with Gasteiger partial charge in [-0.2, -0.15) is 0 Å². The second-order valence-electron chi connectivity index (χ2n) is 4.48. The van der Waals surface area contributed by atoms with Crippen LogP contribution >= 0.6 is 8.82 Å². The van der Waals surface area contributed by atoms with Gasteiger partial charge < -0.3 is 0 Å². The van der Waals surface area contributed by atoms with Gasteiger partial charge in [0.2, 0.25) is 0 Å². The Morgan fingerprint density at radius 1 is 1.50 bits per heavy atom. The monoisotopic (exact) mass is 338 g/mol. The van der Waals surface area contributed by atoms with Crippen molar-refractivity contribution < 1.29 is 0 Å². The van der Waals surface area contributed by atoms with Crippen molar-refractivity contribution in [2.75, 3.05) is 5.75 Å². The number of rotatable bonds is 0. The second kappa shape index (κ2) is 3.96. The topological polar surface area (TPSA) is 0 Å². The molecular weight excluding hydrogens is 322 g/mol. The summed E-state index contributed by atoms with van der Waals surface area (Å²) < 4.78 is 1.41. The summed E-state index contributed by atoms with van der Waals surface area (Å²) in [7, 11) is 0.404. The normalized spacial score (nSPS) is 35.0. The van der Waals surface area contributed by atoms with Crippen LogP contribution in [0.15, 0.2) is 23.8 Å². The molecule has 1 heterocycles. The fraction of sp³-hybridized carbons (Fsp3) is 0.545. The zero-order valence-corrected chi connectivity index (χ0v) is 12.7. The summed E-state index contributed by atoms with van der Waals surface area (Å²) in [6, 6.07) is 0. The first-order valence-corrected chi connectivity index (χ1v) is 9.16. The summed E-state index contributed by atoms with van der Waals surface area (Å²) in [5, 5.41) is 0.642. The summed E-state index contributed by atoms with van der Waals surface area (Å²) in [6.45, 7) is 4.74. The van der Waals surface area contributed by atoms with E-state index in [2.05, 4.69) is 62.0 Å². The van der Waals surface area contributed by atoms with Crippen LogP contribution in [0, 0.1) is 5.41 Å². The van der Waals surface area contributed by atoms with E-state index in [0.29, 0.717) is 19.5 Å². The first-order valence-electron chi connectivity index (χ1n) is 4.82. The SMILES string of the molecule is CC1(C)CCS(=[Se])C2C(=[Se])C=CC=C21. The van der Waals surface area contributed by atoms with Crippen LogP contribution in [0.25, 0.3) is 0 Å². The second-order valence-corrected chi connectivity index (χ2v) is 9.81. The molecule has 0 aromatic heterocycles. The number of fused-ring (bicyclic) bond motifs is 1. The summed E-state index contributed by atoms with van der Waals surface area (Å²) in [5.74, 6) is 1.33. The molecule has 0 spiro atoms. The van der Waals surface area contributed by atoms with E-state index in [-0.39, 0.29) is 0 Å². The van der Waals surface area contributed by atoms with Crippen molar-refractivity contribution in [1.29, 1.82) is 0 Å². The van der Waals surface area contributed by atoms with Crippen LogP contribution in [0.1, 0.15) is 20.3 Å². The van der Waals surface area contributed by atoms with E-state index in [9.17, 15) is 0 Å². The summed E-state index contributed by atoms with van der Waals surface area (Å²) in [6.07, 6.45) is 8.03. The predicted molar refractivity (Wildman–Crippen MR) is 68.4 cm³/mol. The molecule has 0 aromatic carbocycles. The fourth-order valence-corrected chi connectivity index (χ4v) is 7.93. The van der Waals surface area contributed by atoms with Crippen LogP contribution in [0.5, 0.6) is 0 Å². The van der Waals surface area contributed by atoms with Gasteiger partial charge in [-0.15, -0.1) is 0 Å². The van der Waals surface area contributed by atoms with Crippen LogP contribution in [0.4, 0.5) is 0 Å². The standard InChI is InChI=1S/C11H14SSe2/c1-11(2)6-7-12(14)10-8(11)4-3-5-9(10)13/h3-5,10H,6-7H2,1-2H3. The zero-order chi connectivity index (χ0) is 10.3. The van der Waals surface area contributed by atoms with Crippen molar-refractivity contribution in [3.63, 3.8) is 0 Å². The Kier molecular flexibility index (Phi) is 3.17. The van der Waals surface area contributed by atoms with Gasteiger partial charge in [-0.05, 0) is 0 Å². The molecule has 1 saturated heterocycles. The maximum absolute atomic E-state index is 3.36. The molecule has 0 N–H and O–H groups in total. The molecule has 2 aliphatic rings. The van der Waals surface area contributed by atoms with E-state index in [4.69, 9.17) is 0 Å². The van der Waals surface area contributed by atoms with E-state index in [1.807, 2.05) is 0 Å². The first-order chi connectivity index (χ1) is 6.52. The Morgan fingerprint density at radius 2 is 2.21 bits per heavy atom. The Balaban J connectivity index is 2.47. The minimum atomic E-state index is 0.387. The molecule has 0 amide bonds. The zero-order valence-electron chi connectivity index (χ0n) is 8.45. The summed E-state index contributed by atoms with van der Waals surface area (Å²) >= 11 is 6.58. The molecular formula is C11H14SSe2. The average Bonchev–Trinajstić information content (AvgIpc) is 2.12. The summed E-state index contributed by atoms with van der Waals surface area (Å²) in [5.41, 5.74) is 2.00. The average molecular weight is 336 g/mol. The maximum atomic E-state index is 3.36. The molecule has 1 aliphatic heterocycles. The third-order valence-corrected chi connectivity index (χ3v) is 8.07. The van der Waals surface area contributed by atoms with Crippen molar-refractivity contribution in [3.8, 4) is 0 Å². The number of allylic oxidation sites excluding steroid dienone is 3. The van der Waals surface area contributed by atoms with Crippen LogP contribution in [-0.2, 0) is 0 Å². The van der Waals surface area contributed by atoms with Gasteiger partial charge in [-0.1, -0.05) is 0 Å². The molecule has 76 valence electrons. The van der Waals surface area contributed by atoms with Gasteiger partial charge in [-0.3, -0.25) is 0 Å². The summed E-state index contributed by atoms with van der Waals surface area (Å²) in [4.78, 5) is 0. The van der Waals surface area contributed by atoms with Crippen molar-refractivity contribution in [1.82, 2.24) is 0 Å². The molecule has 0 nitrogen and oxygen atoms in total. The number of hydrogen-bond donors (Lipinski definition) is 0. The van der Waals surface area contributed by atoms with Crippen molar-refractivity contribution in [2.24, 2.45) is 5.41 Å². The van der Waals surface area contributed by atoms with Gasteiger partial charge in [-0.25, -0.2) is 0 Å². The van der Waals surface area contributed by atoms with E-state index >= 15 is 0 Å². The van der Waals surface area contributed by atoms with Crippen LogP contribution < -0.4 is 0 Å². The Bertz CT molecular complexity index is 363. The van der Waals surface area contributed by atoms with Gasteiger partial charge in [0.05, 0.1) is 0 Å². The molecule has 14 heavy (non-hydrogen) atoms. The molecule has 2 atom stereocenters. The van der Waals surface area contributed by atoms with E-state index in [1.54, 1.807) is 5.57 Å². The van der Waals surface area contributed by atoms with Gasteiger partial charge >= 0.3 is 104 Å². The predicted octanol–water partition coefficient (Wildman–Crippen LogP) is 1.97. The van der Waals surface area contributed by atoms with Gasteiger partial charge in [0.25, 0.3) is 0 Å². The molecule has 0 bridgehead atoms. The molecule has 2 unspecified atom stereocenters. The Morgan fingerprint density at radius 3 is 2.86 bits per heavy atom. The van der Waals surface area contributed by atoms with Crippen LogP contribution in [-0.4, -0.2) is 45.4 Å². The molecule has 0 saturated carbocycles. The van der Waals surface area contributed by atoms with Gasteiger partial charge in [0.15, 0.2) is 0 Å². The third-order valence-electron chi connectivity index (χ3n) is 3.05. The number of hydrogen-bond acceptors (Lipinski definition) is 0. The molecule has 0 aromatic rings. The van der Waals surface area contributed by atoms with Crippen LogP contribution in [0.2, 0.25) is 0 Å². The van der Waals surface area contributed by atoms with Crippen molar-refractivity contribution in [2.45, 2.75) is 25.5 Å². The Hall–Kier alpha value is 0.739. The van der Waals surface area contributed by atoms with E-state index in [0.717, 1.165) is 0 Å². The molecule has 2 rings (SSSR count). The van der Waals surface area contributed by atoms with Crippen LogP contribution in [0.3, 0.4) is 0 Å².